The molecule has 0 saturated heterocycles. The smallest absolute Gasteiger partial charge is 0.335 e. The van der Waals surface area contributed by atoms with Crippen LogP contribution in [0.5, 0.6) is 0 Å². The summed E-state index contributed by atoms with van der Waals surface area (Å²) in [6.07, 6.45) is 1.68. The molecular weight excluding hydrogens is 378 g/mol. The zero-order valence-corrected chi connectivity index (χ0v) is 15.5. The topological polar surface area (TPSA) is 82.8 Å². The molecule has 0 spiro atoms. The molecular formula is C22H18F2N2O3. The van der Waals surface area contributed by atoms with Crippen molar-refractivity contribution in [2.24, 2.45) is 5.16 Å². The van der Waals surface area contributed by atoms with Gasteiger partial charge < -0.3 is 10.3 Å². The Morgan fingerprint density at radius 1 is 1.07 bits per heavy atom. The SMILES string of the molecule is Cc1cc(/C(CC(c2ccc(C(=O)O)cc2)c2ccc(F)cc2F)=N\O)ccn1. The molecule has 1 unspecified atom stereocenters. The third kappa shape index (κ3) is 4.63. The van der Waals surface area contributed by atoms with Crippen LogP contribution in [0.3, 0.4) is 0 Å². The highest BCUT2D eigenvalue weighted by atomic mass is 19.1. The molecule has 3 aromatic rings. The minimum Gasteiger partial charge on any atom is -0.478 e. The van der Waals surface area contributed by atoms with Crippen molar-refractivity contribution in [2.75, 3.05) is 0 Å². The number of carboxylic acids is 1. The third-order valence-electron chi connectivity index (χ3n) is 4.65. The summed E-state index contributed by atoms with van der Waals surface area (Å²) in [5.41, 5.74) is 2.54. The average molecular weight is 396 g/mol. The van der Waals surface area contributed by atoms with Crippen LogP contribution in [0.1, 0.15) is 45.1 Å². The van der Waals surface area contributed by atoms with Crippen LogP contribution in [0.4, 0.5) is 8.78 Å². The molecule has 5 nitrogen and oxygen atoms in total. The number of carbonyl (C=O) groups is 1. The summed E-state index contributed by atoms with van der Waals surface area (Å²) < 4.78 is 28.0. The largest absolute Gasteiger partial charge is 0.478 e. The number of halogens is 2. The van der Waals surface area contributed by atoms with Gasteiger partial charge in [-0.15, -0.1) is 0 Å². The van der Waals surface area contributed by atoms with Crippen molar-refractivity contribution >= 4 is 11.7 Å². The van der Waals surface area contributed by atoms with Gasteiger partial charge in [0.25, 0.3) is 0 Å². The summed E-state index contributed by atoms with van der Waals surface area (Å²) in [6, 6.07) is 12.7. The molecule has 0 bridgehead atoms. The maximum atomic E-state index is 14.6. The molecule has 7 heteroatoms. The number of hydrogen-bond acceptors (Lipinski definition) is 4. The number of aryl methyl sites for hydroxylation is 1. The van der Waals surface area contributed by atoms with E-state index in [2.05, 4.69) is 10.1 Å². The summed E-state index contributed by atoms with van der Waals surface area (Å²) in [7, 11) is 0. The highest BCUT2D eigenvalue weighted by molar-refractivity contribution is 6.01. The van der Waals surface area contributed by atoms with Crippen molar-refractivity contribution in [2.45, 2.75) is 19.3 Å². The van der Waals surface area contributed by atoms with Crippen molar-refractivity contribution in [1.29, 1.82) is 0 Å². The second-order valence-corrected chi connectivity index (χ2v) is 6.58. The Bertz CT molecular complexity index is 1070. The van der Waals surface area contributed by atoms with Crippen LogP contribution in [-0.4, -0.2) is 27.0 Å². The molecule has 3 rings (SSSR count). The molecule has 1 heterocycles. The van der Waals surface area contributed by atoms with Gasteiger partial charge in [0.05, 0.1) is 11.3 Å². The lowest BCUT2D eigenvalue weighted by Gasteiger charge is -2.20. The highest BCUT2D eigenvalue weighted by Crippen LogP contribution is 2.32. The molecule has 0 amide bonds. The first-order chi connectivity index (χ1) is 13.9. The zero-order valence-electron chi connectivity index (χ0n) is 15.5. The molecule has 1 atom stereocenters. The fourth-order valence-electron chi connectivity index (χ4n) is 3.18. The quantitative estimate of drug-likeness (QED) is 0.357. The van der Waals surface area contributed by atoms with E-state index in [1.807, 2.05) is 0 Å². The van der Waals surface area contributed by atoms with Crippen LogP contribution < -0.4 is 0 Å². The van der Waals surface area contributed by atoms with Gasteiger partial charge in [-0.05, 0) is 48.4 Å². The lowest BCUT2D eigenvalue weighted by atomic mass is 9.85. The molecule has 1 aromatic heterocycles. The van der Waals surface area contributed by atoms with Gasteiger partial charge in [0.1, 0.15) is 11.6 Å². The molecule has 0 radical (unpaired) electrons. The van der Waals surface area contributed by atoms with Gasteiger partial charge in [0.2, 0.25) is 0 Å². The molecule has 2 N–H and O–H groups in total. The number of hydrogen-bond donors (Lipinski definition) is 2. The number of rotatable bonds is 6. The van der Waals surface area contributed by atoms with E-state index < -0.39 is 23.5 Å². The van der Waals surface area contributed by atoms with Crippen molar-refractivity contribution < 1.29 is 23.9 Å². The Morgan fingerprint density at radius 3 is 2.38 bits per heavy atom. The fraction of sp³-hybridized carbons (Fsp3) is 0.136. The average Bonchev–Trinajstić information content (AvgIpc) is 2.70. The molecule has 148 valence electrons. The first-order valence-electron chi connectivity index (χ1n) is 8.81. The Labute approximate surface area is 166 Å². The first-order valence-corrected chi connectivity index (χ1v) is 8.81. The standard InChI is InChI=1S/C22H18F2N2O3/c1-13-10-16(8-9-25-13)21(26-29)12-19(18-7-6-17(23)11-20(18)24)14-2-4-15(5-3-14)22(27)28/h2-11,19,29H,12H2,1H3,(H,27,28)/b26-21-. The van der Waals surface area contributed by atoms with Gasteiger partial charge in [-0.1, -0.05) is 23.4 Å². The second kappa shape index (κ2) is 8.60. The summed E-state index contributed by atoms with van der Waals surface area (Å²) in [5.74, 6) is -3.14. The van der Waals surface area contributed by atoms with Gasteiger partial charge in [-0.3, -0.25) is 4.98 Å². The maximum Gasteiger partial charge on any atom is 0.335 e. The maximum absolute atomic E-state index is 14.6. The van der Waals surface area contributed by atoms with E-state index in [1.165, 1.54) is 18.2 Å². The molecule has 2 aromatic carbocycles. The summed E-state index contributed by atoms with van der Waals surface area (Å²) >= 11 is 0. The summed E-state index contributed by atoms with van der Waals surface area (Å²) in [5, 5.41) is 22.1. The molecule has 0 saturated carbocycles. The van der Waals surface area contributed by atoms with Crippen molar-refractivity contribution in [3.8, 4) is 0 Å². The Morgan fingerprint density at radius 2 is 1.79 bits per heavy atom. The number of benzene rings is 2. The minimum absolute atomic E-state index is 0.0906. The number of aromatic carboxylic acids is 1. The fourth-order valence-corrected chi connectivity index (χ4v) is 3.18. The molecule has 0 fully saturated rings. The van der Waals surface area contributed by atoms with Crippen LogP contribution >= 0.6 is 0 Å². The zero-order chi connectivity index (χ0) is 21.0. The highest BCUT2D eigenvalue weighted by Gasteiger charge is 2.22. The molecule has 0 aliphatic heterocycles. The lowest BCUT2D eigenvalue weighted by molar-refractivity contribution is 0.0697. The van der Waals surface area contributed by atoms with E-state index in [1.54, 1.807) is 37.4 Å². The number of nitrogens with zero attached hydrogens (tertiary/aromatic N) is 2. The van der Waals surface area contributed by atoms with Crippen LogP contribution in [0.15, 0.2) is 65.9 Å². The van der Waals surface area contributed by atoms with E-state index in [-0.39, 0.29) is 17.5 Å². The Balaban J connectivity index is 2.05. The Kier molecular flexibility index (Phi) is 5.97. The third-order valence-corrected chi connectivity index (χ3v) is 4.65. The predicted octanol–water partition coefficient (Wildman–Crippen LogP) is 4.77. The van der Waals surface area contributed by atoms with Gasteiger partial charge in [0, 0.05) is 35.9 Å². The van der Waals surface area contributed by atoms with E-state index in [0.717, 1.165) is 17.8 Å². The van der Waals surface area contributed by atoms with Crippen LogP contribution in [-0.2, 0) is 0 Å². The first kappa shape index (κ1) is 20.1. The normalized spacial score (nSPS) is 12.6. The summed E-state index contributed by atoms with van der Waals surface area (Å²) in [6.45, 7) is 1.79. The van der Waals surface area contributed by atoms with Gasteiger partial charge >= 0.3 is 5.97 Å². The molecule has 0 aliphatic carbocycles. The van der Waals surface area contributed by atoms with Crippen LogP contribution in [0.2, 0.25) is 0 Å². The van der Waals surface area contributed by atoms with E-state index in [9.17, 15) is 18.8 Å². The van der Waals surface area contributed by atoms with Gasteiger partial charge in [0.15, 0.2) is 0 Å². The van der Waals surface area contributed by atoms with E-state index >= 15 is 0 Å². The number of aromatic nitrogens is 1. The van der Waals surface area contributed by atoms with Gasteiger partial charge in [-0.25, -0.2) is 13.6 Å². The monoisotopic (exact) mass is 396 g/mol. The van der Waals surface area contributed by atoms with E-state index in [4.69, 9.17) is 5.11 Å². The number of carboxylic acid groups (broad SMARTS) is 1. The lowest BCUT2D eigenvalue weighted by Crippen LogP contribution is -2.13. The predicted molar refractivity (Wildman–Crippen MR) is 104 cm³/mol. The van der Waals surface area contributed by atoms with Crippen molar-refractivity contribution in [1.82, 2.24) is 4.98 Å². The summed E-state index contributed by atoms with van der Waals surface area (Å²) in [4.78, 5) is 15.2. The Hall–Kier alpha value is -3.61. The minimum atomic E-state index is -1.08. The van der Waals surface area contributed by atoms with Crippen molar-refractivity contribution in [3.63, 3.8) is 0 Å². The van der Waals surface area contributed by atoms with E-state index in [0.29, 0.717) is 16.8 Å². The molecule has 29 heavy (non-hydrogen) atoms. The second-order valence-electron chi connectivity index (χ2n) is 6.58. The van der Waals surface area contributed by atoms with Crippen LogP contribution in [0, 0.1) is 18.6 Å². The molecule has 0 aliphatic rings. The number of oxime groups is 1. The van der Waals surface area contributed by atoms with Gasteiger partial charge in [-0.2, -0.15) is 0 Å². The number of pyridine rings is 1. The van der Waals surface area contributed by atoms with Crippen molar-refractivity contribution in [3.05, 3.63) is 100 Å². The van der Waals surface area contributed by atoms with Crippen LogP contribution in [0.25, 0.3) is 0 Å².